The molecular formula is C20H17Cl2NO3S2. The standard InChI is InChI=1S/C20H17Cl2NO3S2/c1-26-18-11-10-16(22)12-20(18)28(24,25)23-17-4-2-3-5-19(17)27-13-14-6-8-15(21)9-7-14/h2-12,23H,13H2,1H3. The summed E-state index contributed by atoms with van der Waals surface area (Å²) in [7, 11) is -2.47. The fourth-order valence-electron chi connectivity index (χ4n) is 2.48. The van der Waals surface area contributed by atoms with Crippen LogP contribution < -0.4 is 9.46 Å². The normalized spacial score (nSPS) is 11.2. The molecule has 8 heteroatoms. The molecule has 0 saturated carbocycles. The molecule has 3 aromatic carbocycles. The van der Waals surface area contributed by atoms with Gasteiger partial charge in [-0.3, -0.25) is 4.72 Å². The number of halogens is 2. The first-order chi connectivity index (χ1) is 13.4. The molecule has 0 aromatic heterocycles. The summed E-state index contributed by atoms with van der Waals surface area (Å²) in [5.74, 6) is 0.902. The van der Waals surface area contributed by atoms with E-state index in [-0.39, 0.29) is 10.6 Å². The van der Waals surface area contributed by atoms with E-state index in [2.05, 4.69) is 4.72 Å². The van der Waals surface area contributed by atoms with E-state index in [1.165, 1.54) is 31.0 Å². The van der Waals surface area contributed by atoms with Crippen LogP contribution in [0.1, 0.15) is 5.56 Å². The third-order valence-electron chi connectivity index (χ3n) is 3.85. The average molecular weight is 454 g/mol. The molecule has 0 atom stereocenters. The minimum absolute atomic E-state index is 0.0139. The molecule has 4 nitrogen and oxygen atoms in total. The first kappa shape index (κ1) is 20.9. The van der Waals surface area contributed by atoms with Crippen molar-refractivity contribution in [1.29, 1.82) is 0 Å². The van der Waals surface area contributed by atoms with E-state index in [4.69, 9.17) is 27.9 Å². The van der Waals surface area contributed by atoms with Crippen LogP contribution >= 0.6 is 35.0 Å². The van der Waals surface area contributed by atoms with Gasteiger partial charge in [0, 0.05) is 20.7 Å². The number of hydrogen-bond acceptors (Lipinski definition) is 4. The topological polar surface area (TPSA) is 55.4 Å². The predicted molar refractivity (Wildman–Crippen MR) is 116 cm³/mol. The second-order valence-corrected chi connectivity index (χ2v) is 9.35. The lowest BCUT2D eigenvalue weighted by molar-refractivity contribution is 0.403. The van der Waals surface area contributed by atoms with Crippen LogP contribution in [0, 0.1) is 0 Å². The molecular weight excluding hydrogens is 437 g/mol. The average Bonchev–Trinajstić information content (AvgIpc) is 2.68. The molecule has 0 fully saturated rings. The van der Waals surface area contributed by atoms with E-state index in [9.17, 15) is 8.42 Å². The number of hydrogen-bond donors (Lipinski definition) is 1. The number of para-hydroxylation sites is 1. The van der Waals surface area contributed by atoms with Crippen molar-refractivity contribution in [2.45, 2.75) is 15.5 Å². The van der Waals surface area contributed by atoms with Gasteiger partial charge in [0.25, 0.3) is 10.0 Å². The van der Waals surface area contributed by atoms with Crippen molar-refractivity contribution < 1.29 is 13.2 Å². The largest absolute Gasteiger partial charge is 0.495 e. The SMILES string of the molecule is COc1ccc(Cl)cc1S(=O)(=O)Nc1ccccc1SCc1ccc(Cl)cc1. The van der Waals surface area contributed by atoms with Gasteiger partial charge in [0.1, 0.15) is 10.6 Å². The minimum atomic E-state index is -3.88. The fraction of sp³-hybridized carbons (Fsp3) is 0.100. The zero-order chi connectivity index (χ0) is 20.1. The zero-order valence-corrected chi connectivity index (χ0v) is 18.0. The molecule has 0 aliphatic rings. The lowest BCUT2D eigenvalue weighted by atomic mass is 10.2. The van der Waals surface area contributed by atoms with Gasteiger partial charge in [0.2, 0.25) is 0 Å². The van der Waals surface area contributed by atoms with E-state index < -0.39 is 10.0 Å². The molecule has 0 spiro atoms. The maximum Gasteiger partial charge on any atom is 0.265 e. The molecule has 0 radical (unpaired) electrons. The Morgan fingerprint density at radius 1 is 0.964 bits per heavy atom. The summed E-state index contributed by atoms with van der Waals surface area (Å²) < 4.78 is 33.7. The smallest absolute Gasteiger partial charge is 0.265 e. The summed E-state index contributed by atoms with van der Waals surface area (Å²) in [6.45, 7) is 0. The van der Waals surface area contributed by atoms with Crippen molar-refractivity contribution in [3.63, 3.8) is 0 Å². The van der Waals surface area contributed by atoms with Crippen LogP contribution in [0.5, 0.6) is 5.75 Å². The summed E-state index contributed by atoms with van der Waals surface area (Å²) in [5, 5.41) is 0.990. The van der Waals surface area contributed by atoms with Crippen molar-refractivity contribution in [3.05, 3.63) is 82.3 Å². The number of benzene rings is 3. The number of rotatable bonds is 7. The lowest BCUT2D eigenvalue weighted by Gasteiger charge is -2.14. The van der Waals surface area contributed by atoms with E-state index in [1.54, 1.807) is 18.2 Å². The molecule has 1 N–H and O–H groups in total. The third-order valence-corrected chi connectivity index (χ3v) is 6.87. The lowest BCUT2D eigenvalue weighted by Crippen LogP contribution is -2.14. The molecule has 3 rings (SSSR count). The van der Waals surface area contributed by atoms with Gasteiger partial charge < -0.3 is 4.74 Å². The number of ether oxygens (including phenoxy) is 1. The van der Waals surface area contributed by atoms with E-state index in [1.807, 2.05) is 36.4 Å². The van der Waals surface area contributed by atoms with Gasteiger partial charge in [-0.15, -0.1) is 11.8 Å². The van der Waals surface area contributed by atoms with Crippen LogP contribution in [-0.2, 0) is 15.8 Å². The highest BCUT2D eigenvalue weighted by atomic mass is 35.5. The van der Waals surface area contributed by atoms with Gasteiger partial charge in [-0.25, -0.2) is 8.42 Å². The molecule has 0 heterocycles. The maximum atomic E-state index is 12.9. The van der Waals surface area contributed by atoms with Gasteiger partial charge in [0.15, 0.2) is 0 Å². The van der Waals surface area contributed by atoms with Crippen LogP contribution in [0.2, 0.25) is 10.0 Å². The number of thioether (sulfide) groups is 1. The Kier molecular flexibility index (Phi) is 6.78. The summed E-state index contributed by atoms with van der Waals surface area (Å²) in [6.07, 6.45) is 0. The van der Waals surface area contributed by atoms with Crippen molar-refractivity contribution in [3.8, 4) is 5.75 Å². The van der Waals surface area contributed by atoms with Crippen LogP contribution in [0.15, 0.2) is 76.5 Å². The second-order valence-electron chi connectivity index (χ2n) is 5.81. The highest BCUT2D eigenvalue weighted by Gasteiger charge is 2.21. The van der Waals surface area contributed by atoms with Crippen molar-refractivity contribution >= 4 is 50.7 Å². The van der Waals surface area contributed by atoms with Gasteiger partial charge in [0.05, 0.1) is 12.8 Å². The van der Waals surface area contributed by atoms with Gasteiger partial charge in [-0.2, -0.15) is 0 Å². The summed E-state index contributed by atoms with van der Waals surface area (Å²) in [5.41, 5.74) is 1.58. The van der Waals surface area contributed by atoms with E-state index in [0.29, 0.717) is 21.5 Å². The van der Waals surface area contributed by atoms with Gasteiger partial charge >= 0.3 is 0 Å². The molecule has 3 aromatic rings. The first-order valence-electron chi connectivity index (χ1n) is 8.22. The molecule has 0 amide bonds. The minimum Gasteiger partial charge on any atom is -0.495 e. The molecule has 0 saturated heterocycles. The van der Waals surface area contributed by atoms with Crippen molar-refractivity contribution in [2.75, 3.05) is 11.8 Å². The van der Waals surface area contributed by atoms with Crippen LogP contribution in [-0.4, -0.2) is 15.5 Å². The second kappa shape index (κ2) is 9.09. The molecule has 28 heavy (non-hydrogen) atoms. The predicted octanol–water partition coefficient (Wildman–Crippen LogP) is 6.10. The molecule has 0 aliphatic carbocycles. The van der Waals surface area contributed by atoms with Crippen LogP contribution in [0.3, 0.4) is 0 Å². The molecule has 146 valence electrons. The highest BCUT2D eigenvalue weighted by Crippen LogP contribution is 2.33. The van der Waals surface area contributed by atoms with Gasteiger partial charge in [-0.05, 0) is 48.0 Å². The number of nitrogens with one attached hydrogen (secondary N) is 1. The zero-order valence-electron chi connectivity index (χ0n) is 14.9. The summed E-state index contributed by atoms with van der Waals surface area (Å²) >= 11 is 13.4. The molecule has 0 bridgehead atoms. The molecule has 0 aliphatic heterocycles. The summed E-state index contributed by atoms with van der Waals surface area (Å²) in [6, 6.07) is 19.3. The Morgan fingerprint density at radius 3 is 2.36 bits per heavy atom. The van der Waals surface area contributed by atoms with Crippen molar-refractivity contribution in [1.82, 2.24) is 0 Å². The Hall–Kier alpha value is -1.86. The fourth-order valence-corrected chi connectivity index (χ4v) is 5.15. The monoisotopic (exact) mass is 453 g/mol. The Balaban J connectivity index is 1.84. The first-order valence-corrected chi connectivity index (χ1v) is 11.4. The van der Waals surface area contributed by atoms with Crippen molar-refractivity contribution in [2.24, 2.45) is 0 Å². The Labute approximate surface area is 178 Å². The van der Waals surface area contributed by atoms with Crippen LogP contribution in [0.25, 0.3) is 0 Å². The number of methoxy groups -OCH3 is 1. The van der Waals surface area contributed by atoms with E-state index >= 15 is 0 Å². The Bertz CT molecular complexity index is 1070. The molecule has 0 unspecified atom stereocenters. The van der Waals surface area contributed by atoms with Gasteiger partial charge in [-0.1, -0.05) is 47.5 Å². The van der Waals surface area contributed by atoms with Crippen LogP contribution in [0.4, 0.5) is 5.69 Å². The van der Waals surface area contributed by atoms with E-state index in [0.717, 1.165) is 10.5 Å². The highest BCUT2D eigenvalue weighted by molar-refractivity contribution is 7.98. The quantitative estimate of drug-likeness (QED) is 0.439. The summed E-state index contributed by atoms with van der Waals surface area (Å²) in [4.78, 5) is 0.794. The number of anilines is 1. The number of sulfonamides is 1. The maximum absolute atomic E-state index is 12.9. The third kappa shape index (κ3) is 5.14. The Morgan fingerprint density at radius 2 is 1.64 bits per heavy atom.